The van der Waals surface area contributed by atoms with E-state index in [4.69, 9.17) is 12.2 Å². The van der Waals surface area contributed by atoms with Gasteiger partial charge >= 0.3 is 0 Å². The van der Waals surface area contributed by atoms with Crippen LogP contribution in [-0.2, 0) is 4.79 Å². The molecule has 1 atom stereocenters. The number of rotatable bonds is 3. The molecule has 1 aliphatic heterocycles. The Morgan fingerprint density at radius 3 is 2.86 bits per heavy atom. The zero-order valence-corrected chi connectivity index (χ0v) is 9.48. The average molecular weight is 229 g/mol. The second kappa shape index (κ2) is 3.94. The number of hydrogen-bond donors (Lipinski definition) is 0. The molecule has 0 spiro atoms. The zero-order chi connectivity index (χ0) is 10.1. The topological polar surface area (TPSA) is 45.0 Å². The van der Waals surface area contributed by atoms with E-state index in [1.807, 2.05) is 11.8 Å². The maximum Gasteiger partial charge on any atom is 0.224 e. The van der Waals surface area contributed by atoms with E-state index >= 15 is 0 Å². The normalized spacial score (nSPS) is 25.5. The lowest BCUT2D eigenvalue weighted by Crippen LogP contribution is -2.38. The van der Waals surface area contributed by atoms with E-state index in [1.54, 1.807) is 0 Å². The second-order valence-electron chi connectivity index (χ2n) is 3.31. The molecule has 1 aliphatic carbocycles. The highest BCUT2D eigenvalue weighted by Gasteiger charge is 2.39. The molecule has 0 aromatic heterocycles. The van der Waals surface area contributed by atoms with Gasteiger partial charge in [-0.1, -0.05) is 6.92 Å². The first kappa shape index (κ1) is 10.0. The fourth-order valence-corrected chi connectivity index (χ4v) is 2.47. The van der Waals surface area contributed by atoms with E-state index in [0.29, 0.717) is 16.8 Å². The van der Waals surface area contributed by atoms with Gasteiger partial charge in [0.2, 0.25) is 5.91 Å². The molecular formula is C8H11N3OS2. The van der Waals surface area contributed by atoms with Gasteiger partial charge in [-0.2, -0.15) is 0 Å². The first-order valence-electron chi connectivity index (χ1n) is 4.65. The first-order chi connectivity index (χ1) is 6.72. The molecule has 1 unspecified atom stereocenters. The van der Waals surface area contributed by atoms with Crippen molar-refractivity contribution in [3.05, 3.63) is 0 Å². The summed E-state index contributed by atoms with van der Waals surface area (Å²) in [5.74, 6) is 0.147. The van der Waals surface area contributed by atoms with Gasteiger partial charge in [0.15, 0.2) is 9.82 Å². The summed E-state index contributed by atoms with van der Waals surface area (Å²) in [7, 11) is 0. The summed E-state index contributed by atoms with van der Waals surface area (Å²) in [6.45, 7) is 1.87. The fourth-order valence-electron chi connectivity index (χ4n) is 1.39. The monoisotopic (exact) mass is 229 g/mol. The Morgan fingerprint density at radius 1 is 1.71 bits per heavy atom. The predicted octanol–water partition coefficient (Wildman–Crippen LogP) is 2.15. The van der Waals surface area contributed by atoms with Crippen molar-refractivity contribution in [1.82, 2.24) is 4.90 Å². The summed E-state index contributed by atoms with van der Waals surface area (Å²) < 4.78 is 0.532. The van der Waals surface area contributed by atoms with Crippen LogP contribution in [0.4, 0.5) is 0 Å². The van der Waals surface area contributed by atoms with Gasteiger partial charge in [-0.05, 0) is 36.8 Å². The van der Waals surface area contributed by atoms with Gasteiger partial charge in [0.25, 0.3) is 0 Å². The predicted molar refractivity (Wildman–Crippen MR) is 59.0 cm³/mol. The minimum Gasteiger partial charge on any atom is -0.307 e. The maximum atomic E-state index is 11.7. The molecule has 1 saturated carbocycles. The molecule has 14 heavy (non-hydrogen) atoms. The van der Waals surface area contributed by atoms with Crippen LogP contribution >= 0.6 is 24.0 Å². The summed E-state index contributed by atoms with van der Waals surface area (Å²) in [4.78, 5) is 13.5. The number of azo groups is 1. The van der Waals surface area contributed by atoms with Crippen molar-refractivity contribution >= 4 is 34.2 Å². The van der Waals surface area contributed by atoms with Crippen molar-refractivity contribution in [3.8, 4) is 0 Å². The van der Waals surface area contributed by atoms with Crippen LogP contribution < -0.4 is 0 Å². The summed E-state index contributed by atoms with van der Waals surface area (Å²) in [5.41, 5.74) is -0.192. The smallest absolute Gasteiger partial charge is 0.224 e. The van der Waals surface area contributed by atoms with E-state index in [0.717, 1.165) is 12.8 Å². The molecule has 0 saturated heterocycles. The van der Waals surface area contributed by atoms with E-state index in [9.17, 15) is 4.79 Å². The SMILES string of the molecule is CCC(=O)N(C1CC1)C1N=NC(=S)S1. The van der Waals surface area contributed by atoms with Crippen LogP contribution in [-0.4, -0.2) is 26.7 Å². The molecule has 1 heterocycles. The molecule has 1 amide bonds. The van der Waals surface area contributed by atoms with Crippen LogP contribution in [0.5, 0.6) is 0 Å². The number of carbonyl (C=O) groups excluding carboxylic acids is 1. The lowest BCUT2D eigenvalue weighted by atomic mass is 10.4. The molecule has 2 rings (SSSR count). The third-order valence-corrected chi connectivity index (χ3v) is 3.40. The van der Waals surface area contributed by atoms with Crippen LogP contribution in [0.25, 0.3) is 0 Å². The fraction of sp³-hybridized carbons (Fsp3) is 0.750. The van der Waals surface area contributed by atoms with Crippen molar-refractivity contribution in [1.29, 1.82) is 0 Å². The van der Waals surface area contributed by atoms with Crippen molar-refractivity contribution in [2.24, 2.45) is 10.2 Å². The van der Waals surface area contributed by atoms with Crippen molar-refractivity contribution in [2.75, 3.05) is 0 Å². The van der Waals surface area contributed by atoms with E-state index in [1.165, 1.54) is 11.8 Å². The van der Waals surface area contributed by atoms with Gasteiger partial charge in [0, 0.05) is 12.5 Å². The van der Waals surface area contributed by atoms with Gasteiger partial charge < -0.3 is 4.90 Å². The Hall–Kier alpha value is -0.490. The van der Waals surface area contributed by atoms with Crippen LogP contribution in [0, 0.1) is 0 Å². The minimum atomic E-state index is -0.192. The third-order valence-electron chi connectivity index (χ3n) is 2.21. The molecule has 2 aliphatic rings. The van der Waals surface area contributed by atoms with Crippen LogP contribution in [0.3, 0.4) is 0 Å². The van der Waals surface area contributed by atoms with Gasteiger partial charge in [-0.25, -0.2) is 0 Å². The van der Waals surface area contributed by atoms with E-state index in [-0.39, 0.29) is 11.4 Å². The molecule has 0 radical (unpaired) electrons. The maximum absolute atomic E-state index is 11.7. The molecule has 0 bridgehead atoms. The van der Waals surface area contributed by atoms with Crippen LogP contribution in [0.2, 0.25) is 0 Å². The molecule has 0 aromatic rings. The zero-order valence-electron chi connectivity index (χ0n) is 7.84. The van der Waals surface area contributed by atoms with Gasteiger partial charge in [0.1, 0.15) is 0 Å². The minimum absolute atomic E-state index is 0.147. The summed E-state index contributed by atoms with van der Waals surface area (Å²) in [6.07, 6.45) is 2.70. The molecule has 4 nitrogen and oxygen atoms in total. The molecule has 76 valence electrons. The second-order valence-corrected chi connectivity index (χ2v) is 5.00. The van der Waals surface area contributed by atoms with Gasteiger partial charge in [0.05, 0.1) is 0 Å². The number of nitrogens with zero attached hydrogens (tertiary/aromatic N) is 3. The van der Waals surface area contributed by atoms with Crippen molar-refractivity contribution in [3.63, 3.8) is 0 Å². The summed E-state index contributed by atoms with van der Waals surface area (Å²) >= 11 is 6.30. The Morgan fingerprint density at radius 2 is 2.43 bits per heavy atom. The lowest BCUT2D eigenvalue weighted by molar-refractivity contribution is -0.132. The molecule has 0 N–H and O–H groups in total. The highest BCUT2D eigenvalue weighted by Crippen LogP contribution is 2.36. The number of hydrogen-bond acceptors (Lipinski definition) is 4. The van der Waals surface area contributed by atoms with E-state index in [2.05, 4.69) is 10.2 Å². The van der Waals surface area contributed by atoms with E-state index < -0.39 is 0 Å². The number of carbonyl (C=O) groups is 1. The number of amides is 1. The summed E-state index contributed by atoms with van der Waals surface area (Å²) in [5, 5.41) is 7.79. The molecule has 1 fully saturated rings. The number of thioether (sulfide) groups is 1. The highest BCUT2D eigenvalue weighted by molar-refractivity contribution is 8.23. The van der Waals surface area contributed by atoms with Gasteiger partial charge in [-0.15, -0.1) is 10.2 Å². The Balaban J connectivity index is 2.07. The Labute approximate surface area is 92.1 Å². The molecule has 6 heteroatoms. The largest absolute Gasteiger partial charge is 0.307 e. The van der Waals surface area contributed by atoms with Crippen molar-refractivity contribution in [2.45, 2.75) is 37.7 Å². The Bertz CT molecular complexity index is 301. The Kier molecular flexibility index (Phi) is 2.83. The average Bonchev–Trinajstić information content (AvgIpc) is 2.90. The van der Waals surface area contributed by atoms with Crippen LogP contribution in [0.1, 0.15) is 26.2 Å². The van der Waals surface area contributed by atoms with Gasteiger partial charge in [-0.3, -0.25) is 4.79 Å². The third kappa shape index (κ3) is 1.95. The standard InChI is InChI=1S/C8H11N3OS2/c1-2-6(12)11(5-3-4-5)7-9-10-8(13)14-7/h5,7H,2-4H2,1H3. The molecular weight excluding hydrogens is 218 g/mol. The molecule has 0 aromatic carbocycles. The number of thiocarbonyl (C=S) groups is 1. The summed E-state index contributed by atoms with van der Waals surface area (Å²) in [6, 6.07) is 0.375. The van der Waals surface area contributed by atoms with Crippen LogP contribution in [0.15, 0.2) is 10.2 Å². The van der Waals surface area contributed by atoms with Crippen molar-refractivity contribution < 1.29 is 4.79 Å². The highest BCUT2D eigenvalue weighted by atomic mass is 32.2. The quantitative estimate of drug-likeness (QED) is 0.697. The first-order valence-corrected chi connectivity index (χ1v) is 5.93. The lowest BCUT2D eigenvalue weighted by Gasteiger charge is -2.24.